The second-order valence-electron chi connectivity index (χ2n) is 6.26. The van der Waals surface area contributed by atoms with Crippen molar-refractivity contribution >= 4 is 38.5 Å². The van der Waals surface area contributed by atoms with E-state index in [9.17, 15) is 15.2 Å². The minimum absolute atomic E-state index is 0.201. The number of aromatic hydroxyl groups is 1. The Kier molecular flexibility index (Phi) is 4.36. The van der Waals surface area contributed by atoms with Crippen molar-refractivity contribution in [1.82, 2.24) is 9.88 Å². The molecule has 3 heterocycles. The molecule has 0 bridgehead atoms. The quantitative estimate of drug-likeness (QED) is 0.578. The lowest BCUT2D eigenvalue weighted by atomic mass is 9.96. The zero-order valence-electron chi connectivity index (χ0n) is 13.7. The minimum Gasteiger partial charge on any atom is -0.501 e. The fourth-order valence-electron chi connectivity index (χ4n) is 3.39. The van der Waals surface area contributed by atoms with Gasteiger partial charge in [0.15, 0.2) is 5.17 Å². The standard InChI is InChI=1S/C17H15BrN4O3S/c1-9-8-21-15(10-6-11(18)16(23)13(7-10)22(24)25)14(20-17(21)26-9)12-4-2-3-5-19-12/h2-7,9,14-15,23H,8H2,1H3/t9-,14-,15+/m1/s1. The predicted molar refractivity (Wildman–Crippen MR) is 103 cm³/mol. The number of nitro groups is 1. The number of aromatic nitrogens is 1. The molecule has 1 N–H and O–H groups in total. The second-order valence-corrected chi connectivity index (χ2v) is 8.52. The molecular weight excluding hydrogens is 420 g/mol. The number of aliphatic imine (C=N–C) groups is 1. The SMILES string of the molecule is C[C@@H]1CN2C(=N[C@H](c3ccccn3)[C@@H]2c2cc(Br)c(O)c([N+](=O)[O-])c2)S1. The summed E-state index contributed by atoms with van der Waals surface area (Å²) in [6.45, 7) is 2.94. The van der Waals surface area contributed by atoms with Crippen LogP contribution in [0, 0.1) is 10.1 Å². The molecule has 2 aliphatic rings. The Bertz CT molecular complexity index is 908. The average Bonchev–Trinajstić information content (AvgIpc) is 3.13. The first-order chi connectivity index (χ1) is 12.5. The molecule has 0 radical (unpaired) electrons. The number of nitro benzene ring substituents is 1. The number of pyridine rings is 1. The van der Waals surface area contributed by atoms with Gasteiger partial charge in [-0.2, -0.15) is 0 Å². The smallest absolute Gasteiger partial charge is 0.312 e. The van der Waals surface area contributed by atoms with E-state index < -0.39 is 4.92 Å². The fourth-order valence-corrected chi connectivity index (χ4v) is 4.95. The van der Waals surface area contributed by atoms with Crippen LogP contribution in [0.15, 0.2) is 46.0 Å². The molecule has 134 valence electrons. The van der Waals surface area contributed by atoms with Crippen LogP contribution in [0.1, 0.15) is 30.3 Å². The maximum Gasteiger partial charge on any atom is 0.312 e. The van der Waals surface area contributed by atoms with E-state index in [2.05, 4.69) is 32.7 Å². The van der Waals surface area contributed by atoms with Crippen molar-refractivity contribution < 1.29 is 10.0 Å². The lowest BCUT2D eigenvalue weighted by molar-refractivity contribution is -0.386. The number of amidine groups is 1. The number of halogens is 1. The van der Waals surface area contributed by atoms with E-state index in [0.717, 1.165) is 23.0 Å². The Hall–Kier alpha value is -2.13. The van der Waals surface area contributed by atoms with Gasteiger partial charge in [-0.25, -0.2) is 0 Å². The first-order valence-corrected chi connectivity index (χ1v) is 9.72. The Labute approximate surface area is 162 Å². The van der Waals surface area contributed by atoms with Gasteiger partial charge in [0, 0.05) is 24.1 Å². The average molecular weight is 435 g/mol. The highest BCUT2D eigenvalue weighted by Crippen LogP contribution is 2.49. The van der Waals surface area contributed by atoms with E-state index in [1.54, 1.807) is 24.0 Å². The summed E-state index contributed by atoms with van der Waals surface area (Å²) < 4.78 is 0.301. The number of fused-ring (bicyclic) bond motifs is 1. The maximum absolute atomic E-state index is 11.3. The number of phenolic OH excluding ortho intramolecular Hbond substituents is 1. The first-order valence-electron chi connectivity index (χ1n) is 8.04. The highest BCUT2D eigenvalue weighted by Gasteiger charge is 2.44. The van der Waals surface area contributed by atoms with Crippen molar-refractivity contribution in [3.8, 4) is 5.75 Å². The van der Waals surface area contributed by atoms with Gasteiger partial charge in [-0.05, 0) is 39.7 Å². The molecule has 0 amide bonds. The molecule has 1 saturated heterocycles. The van der Waals surface area contributed by atoms with Crippen molar-refractivity contribution in [2.75, 3.05) is 6.54 Å². The third kappa shape index (κ3) is 2.84. The molecule has 7 nitrogen and oxygen atoms in total. The fraction of sp³-hybridized carbons (Fsp3) is 0.294. The van der Waals surface area contributed by atoms with Crippen LogP contribution in [0.5, 0.6) is 5.75 Å². The van der Waals surface area contributed by atoms with Crippen LogP contribution < -0.4 is 0 Å². The summed E-state index contributed by atoms with van der Waals surface area (Å²) >= 11 is 4.95. The third-order valence-corrected chi connectivity index (χ3v) is 6.19. The van der Waals surface area contributed by atoms with Gasteiger partial charge in [-0.15, -0.1) is 0 Å². The van der Waals surface area contributed by atoms with Crippen LogP contribution in [0.3, 0.4) is 0 Å². The third-order valence-electron chi connectivity index (χ3n) is 4.49. The van der Waals surface area contributed by atoms with Crippen molar-refractivity contribution in [2.24, 2.45) is 4.99 Å². The molecule has 0 unspecified atom stereocenters. The molecule has 2 aromatic rings. The largest absolute Gasteiger partial charge is 0.501 e. The number of thioether (sulfide) groups is 1. The van der Waals surface area contributed by atoms with E-state index >= 15 is 0 Å². The molecule has 1 fully saturated rings. The maximum atomic E-state index is 11.3. The zero-order valence-corrected chi connectivity index (χ0v) is 16.1. The van der Waals surface area contributed by atoms with Crippen molar-refractivity contribution in [3.63, 3.8) is 0 Å². The minimum atomic E-state index is -0.572. The molecule has 0 aliphatic carbocycles. The molecule has 9 heteroatoms. The van der Waals surface area contributed by atoms with Gasteiger partial charge in [-0.1, -0.05) is 24.8 Å². The molecular formula is C17H15BrN4O3S. The van der Waals surface area contributed by atoms with E-state index in [1.807, 2.05) is 18.2 Å². The van der Waals surface area contributed by atoms with Crippen molar-refractivity contribution in [3.05, 3.63) is 62.4 Å². The van der Waals surface area contributed by atoms with Gasteiger partial charge in [0.2, 0.25) is 5.75 Å². The monoisotopic (exact) mass is 434 g/mol. The van der Waals surface area contributed by atoms with Crippen LogP contribution in [0.25, 0.3) is 0 Å². The van der Waals surface area contributed by atoms with Gasteiger partial charge in [-0.3, -0.25) is 20.1 Å². The first kappa shape index (κ1) is 17.3. The van der Waals surface area contributed by atoms with Crippen LogP contribution >= 0.6 is 27.7 Å². The van der Waals surface area contributed by atoms with E-state index in [1.165, 1.54) is 6.07 Å². The molecule has 3 atom stereocenters. The lowest BCUT2D eigenvalue weighted by Gasteiger charge is -2.27. The number of hydrogen-bond donors (Lipinski definition) is 1. The molecule has 0 saturated carbocycles. The van der Waals surface area contributed by atoms with Crippen molar-refractivity contribution in [2.45, 2.75) is 24.3 Å². The second kappa shape index (κ2) is 6.55. The number of rotatable bonds is 3. The summed E-state index contributed by atoms with van der Waals surface area (Å²) in [5, 5.41) is 22.7. The Morgan fingerprint density at radius 1 is 1.42 bits per heavy atom. The lowest BCUT2D eigenvalue weighted by Crippen LogP contribution is -2.28. The van der Waals surface area contributed by atoms with Crippen LogP contribution in [0.4, 0.5) is 5.69 Å². The van der Waals surface area contributed by atoms with Gasteiger partial charge < -0.3 is 10.0 Å². The van der Waals surface area contributed by atoms with Crippen LogP contribution in [0.2, 0.25) is 0 Å². The highest BCUT2D eigenvalue weighted by atomic mass is 79.9. The molecule has 4 rings (SSSR count). The van der Waals surface area contributed by atoms with Gasteiger partial charge >= 0.3 is 5.69 Å². The number of benzene rings is 1. The van der Waals surface area contributed by atoms with E-state index in [-0.39, 0.29) is 23.5 Å². The highest BCUT2D eigenvalue weighted by molar-refractivity contribution is 9.10. The summed E-state index contributed by atoms with van der Waals surface area (Å²) in [6.07, 6.45) is 1.72. The molecule has 1 aromatic carbocycles. The van der Waals surface area contributed by atoms with E-state index in [4.69, 9.17) is 4.99 Å². The molecule has 1 aromatic heterocycles. The zero-order chi connectivity index (χ0) is 18.4. The summed E-state index contributed by atoms with van der Waals surface area (Å²) in [5.74, 6) is -0.364. The summed E-state index contributed by atoms with van der Waals surface area (Å²) in [5.41, 5.74) is 1.23. The summed E-state index contributed by atoms with van der Waals surface area (Å²) in [7, 11) is 0. The Morgan fingerprint density at radius 2 is 2.23 bits per heavy atom. The van der Waals surface area contributed by atoms with Gasteiger partial charge in [0.25, 0.3) is 0 Å². The van der Waals surface area contributed by atoms with Gasteiger partial charge in [0.05, 0.1) is 21.1 Å². The molecule has 0 spiro atoms. The summed E-state index contributed by atoms with van der Waals surface area (Å²) in [4.78, 5) is 22.2. The van der Waals surface area contributed by atoms with Gasteiger partial charge in [0.1, 0.15) is 6.04 Å². The van der Waals surface area contributed by atoms with Crippen LogP contribution in [-0.4, -0.2) is 36.9 Å². The normalized spacial score (nSPS) is 24.5. The molecule has 26 heavy (non-hydrogen) atoms. The van der Waals surface area contributed by atoms with Crippen LogP contribution in [-0.2, 0) is 0 Å². The Balaban J connectivity index is 1.84. The van der Waals surface area contributed by atoms with E-state index in [0.29, 0.717) is 9.72 Å². The van der Waals surface area contributed by atoms with Crippen molar-refractivity contribution in [1.29, 1.82) is 0 Å². The molecule has 2 aliphatic heterocycles. The topological polar surface area (TPSA) is 91.9 Å². The Morgan fingerprint density at radius 3 is 2.92 bits per heavy atom. The number of nitrogens with zero attached hydrogens (tertiary/aromatic N) is 4. The predicted octanol–water partition coefficient (Wildman–Crippen LogP) is 4.05. The number of phenols is 1. The summed E-state index contributed by atoms with van der Waals surface area (Å²) in [6, 6.07) is 8.40. The number of hydrogen-bond acceptors (Lipinski definition) is 7.